The first kappa shape index (κ1) is 14.6. The lowest BCUT2D eigenvalue weighted by atomic mass is 10.2. The fourth-order valence-electron chi connectivity index (χ4n) is 1.74. The van der Waals surface area contributed by atoms with Crippen molar-refractivity contribution in [2.75, 3.05) is 11.1 Å². The number of carbonyl (C=O) groups is 1. The molecule has 0 saturated carbocycles. The molecule has 4 N–H and O–H groups in total. The molecular formula is C16H16FN3O. The highest BCUT2D eigenvalue weighted by Crippen LogP contribution is 2.19. The normalized spacial score (nSPS) is 10.6. The molecule has 0 aliphatic heterocycles. The van der Waals surface area contributed by atoms with Crippen molar-refractivity contribution in [3.05, 3.63) is 65.6 Å². The van der Waals surface area contributed by atoms with Crippen LogP contribution in [0.4, 0.5) is 20.6 Å². The number of hydrogen-bond donors (Lipinski definition) is 3. The molecule has 0 radical (unpaired) electrons. The first-order valence-corrected chi connectivity index (χ1v) is 6.40. The number of nitrogen functional groups attached to an aromatic ring is 1. The van der Waals surface area contributed by atoms with E-state index in [0.717, 1.165) is 11.1 Å². The fourth-order valence-corrected chi connectivity index (χ4v) is 1.74. The van der Waals surface area contributed by atoms with Gasteiger partial charge in [-0.25, -0.2) is 9.18 Å². The molecule has 2 aromatic carbocycles. The lowest BCUT2D eigenvalue weighted by Gasteiger charge is -2.08. The minimum Gasteiger partial charge on any atom is -0.397 e. The van der Waals surface area contributed by atoms with Crippen molar-refractivity contribution in [2.45, 2.75) is 6.92 Å². The summed E-state index contributed by atoms with van der Waals surface area (Å²) < 4.78 is 12.7. The van der Waals surface area contributed by atoms with Crippen LogP contribution in [0, 0.1) is 12.7 Å². The number of nitrogens with two attached hydrogens (primary N) is 1. The van der Waals surface area contributed by atoms with Crippen molar-refractivity contribution in [3.63, 3.8) is 0 Å². The second-order valence-corrected chi connectivity index (χ2v) is 4.57. The Morgan fingerprint density at radius 1 is 1.19 bits per heavy atom. The molecule has 0 spiro atoms. The Bertz CT molecular complexity index is 666. The van der Waals surface area contributed by atoms with Gasteiger partial charge in [0, 0.05) is 6.20 Å². The van der Waals surface area contributed by atoms with Gasteiger partial charge in [0.15, 0.2) is 0 Å². The number of aryl methyl sites for hydroxylation is 1. The minimum absolute atomic E-state index is 0.298. The number of nitrogens with one attached hydrogen (secondary N) is 2. The standard InChI is InChI=1S/C16H16FN3O/c1-11-2-7-15(14(18)10-11)20-16(21)19-9-8-12-3-5-13(17)6-4-12/h2-10H,18H2,1H3,(H2,19,20,21)/b9-8+. The van der Waals surface area contributed by atoms with Gasteiger partial charge in [-0.05, 0) is 48.4 Å². The van der Waals surface area contributed by atoms with Gasteiger partial charge in [0.25, 0.3) is 0 Å². The summed E-state index contributed by atoms with van der Waals surface area (Å²) in [5.41, 5.74) is 8.67. The summed E-state index contributed by atoms with van der Waals surface area (Å²) in [5, 5.41) is 5.20. The highest BCUT2D eigenvalue weighted by molar-refractivity contribution is 5.93. The van der Waals surface area contributed by atoms with Crippen LogP contribution in [-0.4, -0.2) is 6.03 Å². The molecule has 21 heavy (non-hydrogen) atoms. The molecule has 0 saturated heterocycles. The number of hydrogen-bond acceptors (Lipinski definition) is 2. The van der Waals surface area contributed by atoms with Crippen molar-refractivity contribution >= 4 is 23.5 Å². The predicted molar refractivity (Wildman–Crippen MR) is 83.2 cm³/mol. The predicted octanol–water partition coefficient (Wildman–Crippen LogP) is 3.51. The number of carbonyl (C=O) groups excluding carboxylic acids is 1. The molecule has 0 heterocycles. The van der Waals surface area contributed by atoms with E-state index in [1.807, 2.05) is 13.0 Å². The lowest BCUT2D eigenvalue weighted by molar-refractivity contribution is 0.255. The molecule has 2 amide bonds. The van der Waals surface area contributed by atoms with Gasteiger partial charge in [-0.2, -0.15) is 0 Å². The van der Waals surface area contributed by atoms with Gasteiger partial charge in [-0.1, -0.05) is 18.2 Å². The maximum absolute atomic E-state index is 12.7. The zero-order valence-electron chi connectivity index (χ0n) is 11.6. The van der Waals surface area contributed by atoms with Crippen LogP contribution in [0.25, 0.3) is 6.08 Å². The number of rotatable bonds is 3. The van der Waals surface area contributed by atoms with Crippen LogP contribution in [0.2, 0.25) is 0 Å². The van der Waals surface area contributed by atoms with E-state index in [-0.39, 0.29) is 5.82 Å². The second kappa shape index (κ2) is 6.56. The zero-order chi connectivity index (χ0) is 15.2. The van der Waals surface area contributed by atoms with E-state index >= 15 is 0 Å². The number of anilines is 2. The number of halogens is 1. The van der Waals surface area contributed by atoms with Crippen LogP contribution < -0.4 is 16.4 Å². The molecule has 2 aromatic rings. The van der Waals surface area contributed by atoms with Crippen LogP contribution in [0.5, 0.6) is 0 Å². The summed E-state index contributed by atoms with van der Waals surface area (Å²) in [7, 11) is 0. The van der Waals surface area contributed by atoms with Gasteiger partial charge in [-0.3, -0.25) is 0 Å². The highest BCUT2D eigenvalue weighted by atomic mass is 19.1. The third-order valence-electron chi connectivity index (χ3n) is 2.82. The molecule has 4 nitrogen and oxygen atoms in total. The topological polar surface area (TPSA) is 67.2 Å². The summed E-state index contributed by atoms with van der Waals surface area (Å²) in [5.74, 6) is -0.298. The van der Waals surface area contributed by atoms with Crippen LogP contribution in [0.15, 0.2) is 48.7 Å². The van der Waals surface area contributed by atoms with E-state index in [0.29, 0.717) is 11.4 Å². The molecule has 5 heteroatoms. The van der Waals surface area contributed by atoms with E-state index in [1.165, 1.54) is 18.3 Å². The first-order chi connectivity index (χ1) is 10.0. The maximum Gasteiger partial charge on any atom is 0.323 e. The van der Waals surface area contributed by atoms with Crippen molar-refractivity contribution in [2.24, 2.45) is 0 Å². The van der Waals surface area contributed by atoms with Crippen LogP contribution in [0.3, 0.4) is 0 Å². The van der Waals surface area contributed by atoms with Gasteiger partial charge >= 0.3 is 6.03 Å². The fraction of sp³-hybridized carbons (Fsp3) is 0.0625. The summed E-state index contributed by atoms with van der Waals surface area (Å²) in [4.78, 5) is 11.7. The van der Waals surface area contributed by atoms with E-state index < -0.39 is 6.03 Å². The first-order valence-electron chi connectivity index (χ1n) is 6.40. The minimum atomic E-state index is -0.399. The summed E-state index contributed by atoms with van der Waals surface area (Å²) in [6, 6.07) is 10.9. The van der Waals surface area contributed by atoms with Gasteiger partial charge in [0.05, 0.1) is 11.4 Å². The molecule has 0 bridgehead atoms. The zero-order valence-corrected chi connectivity index (χ0v) is 11.6. The molecule has 0 aliphatic carbocycles. The summed E-state index contributed by atoms with van der Waals surface area (Å²) in [6.45, 7) is 1.92. The lowest BCUT2D eigenvalue weighted by Crippen LogP contribution is -2.24. The van der Waals surface area contributed by atoms with Gasteiger partial charge in [-0.15, -0.1) is 0 Å². The third kappa shape index (κ3) is 4.35. The van der Waals surface area contributed by atoms with E-state index in [1.54, 1.807) is 30.3 Å². The second-order valence-electron chi connectivity index (χ2n) is 4.57. The van der Waals surface area contributed by atoms with Crippen molar-refractivity contribution in [3.8, 4) is 0 Å². The molecule has 0 atom stereocenters. The van der Waals surface area contributed by atoms with Gasteiger partial charge in [0.1, 0.15) is 5.82 Å². The monoisotopic (exact) mass is 285 g/mol. The Hall–Kier alpha value is -2.82. The Kier molecular flexibility index (Phi) is 4.56. The molecule has 108 valence electrons. The largest absolute Gasteiger partial charge is 0.397 e. The Labute approximate surface area is 122 Å². The Balaban J connectivity index is 1.91. The maximum atomic E-state index is 12.7. The molecule has 2 rings (SSSR count). The van der Waals surface area contributed by atoms with Gasteiger partial charge in [0.2, 0.25) is 0 Å². The van der Waals surface area contributed by atoms with E-state index in [4.69, 9.17) is 5.73 Å². The summed E-state index contributed by atoms with van der Waals surface area (Å²) in [6.07, 6.45) is 3.14. The van der Waals surface area contributed by atoms with Crippen LogP contribution in [0.1, 0.15) is 11.1 Å². The molecule has 0 fully saturated rings. The Morgan fingerprint density at radius 3 is 2.57 bits per heavy atom. The molecule has 0 aromatic heterocycles. The molecular weight excluding hydrogens is 269 g/mol. The number of benzene rings is 2. The van der Waals surface area contributed by atoms with Crippen LogP contribution in [-0.2, 0) is 0 Å². The Morgan fingerprint density at radius 2 is 1.90 bits per heavy atom. The average Bonchev–Trinajstić information content (AvgIpc) is 2.44. The smallest absolute Gasteiger partial charge is 0.323 e. The highest BCUT2D eigenvalue weighted by Gasteiger charge is 2.03. The quantitative estimate of drug-likeness (QED) is 0.755. The van der Waals surface area contributed by atoms with Crippen LogP contribution >= 0.6 is 0 Å². The SMILES string of the molecule is Cc1ccc(NC(=O)N/C=C/c2ccc(F)cc2)c(N)c1. The van der Waals surface area contributed by atoms with E-state index in [2.05, 4.69) is 10.6 Å². The van der Waals surface area contributed by atoms with Crippen molar-refractivity contribution < 1.29 is 9.18 Å². The number of amides is 2. The summed E-state index contributed by atoms with van der Waals surface area (Å²) >= 11 is 0. The molecule has 0 unspecified atom stereocenters. The molecule has 0 aliphatic rings. The van der Waals surface area contributed by atoms with E-state index in [9.17, 15) is 9.18 Å². The number of urea groups is 1. The van der Waals surface area contributed by atoms with Crippen molar-refractivity contribution in [1.29, 1.82) is 0 Å². The van der Waals surface area contributed by atoms with Gasteiger partial charge < -0.3 is 16.4 Å². The average molecular weight is 285 g/mol. The van der Waals surface area contributed by atoms with Crippen molar-refractivity contribution in [1.82, 2.24) is 5.32 Å². The third-order valence-corrected chi connectivity index (χ3v) is 2.82.